The molecule has 0 radical (unpaired) electrons. The van der Waals surface area contributed by atoms with Crippen molar-refractivity contribution >= 4 is 12.3 Å². The molecule has 7 nitrogen and oxygen atoms in total. The lowest BCUT2D eigenvalue weighted by molar-refractivity contribution is -0.265. The summed E-state index contributed by atoms with van der Waals surface area (Å²) >= 11 is 0. The lowest BCUT2D eigenvalue weighted by atomic mass is 9.96. The van der Waals surface area contributed by atoms with Crippen LogP contribution < -0.4 is 0 Å². The first-order valence-electron chi connectivity index (χ1n) is 6.10. The topological polar surface area (TPSA) is 109 Å². The molecule has 0 aliphatic heterocycles. The second kappa shape index (κ2) is 6.17. The summed E-state index contributed by atoms with van der Waals surface area (Å²) < 4.78 is 9.62. The number of aromatic nitrogens is 1. The van der Waals surface area contributed by atoms with Crippen molar-refractivity contribution in [1.82, 2.24) is 4.98 Å². The second-order valence-electron chi connectivity index (χ2n) is 4.34. The van der Waals surface area contributed by atoms with E-state index in [0.29, 0.717) is 17.5 Å². The van der Waals surface area contributed by atoms with Crippen molar-refractivity contribution in [2.75, 3.05) is 13.7 Å². The van der Waals surface area contributed by atoms with Gasteiger partial charge in [0, 0.05) is 17.9 Å². The summed E-state index contributed by atoms with van der Waals surface area (Å²) in [5, 5.41) is 20.6. The molecule has 0 aliphatic carbocycles. The van der Waals surface area contributed by atoms with E-state index in [1.807, 2.05) is 0 Å². The molecule has 0 spiro atoms. The number of nitrogens with one attached hydrogen (secondary N) is 1. The van der Waals surface area contributed by atoms with Gasteiger partial charge in [-0.2, -0.15) is 0 Å². The van der Waals surface area contributed by atoms with Crippen LogP contribution in [-0.2, 0) is 20.1 Å². The van der Waals surface area contributed by atoms with Crippen LogP contribution in [0.25, 0.3) is 0 Å². The van der Waals surface area contributed by atoms with Crippen LogP contribution in [0.4, 0.5) is 0 Å². The summed E-state index contributed by atoms with van der Waals surface area (Å²) in [6.45, 7) is 4.83. The van der Waals surface area contributed by atoms with E-state index in [-0.39, 0.29) is 17.9 Å². The van der Waals surface area contributed by atoms with Gasteiger partial charge in [0.2, 0.25) is 11.9 Å². The molecule has 0 saturated carbocycles. The maximum Gasteiger partial charge on any atom is 0.340 e. The average Bonchev–Trinajstić information content (AvgIpc) is 2.72. The van der Waals surface area contributed by atoms with E-state index in [4.69, 9.17) is 4.74 Å². The van der Waals surface area contributed by atoms with Gasteiger partial charge in [0.1, 0.15) is 0 Å². The summed E-state index contributed by atoms with van der Waals surface area (Å²) in [4.78, 5) is 25.2. The number of aldehydes is 1. The second-order valence-corrected chi connectivity index (χ2v) is 4.34. The van der Waals surface area contributed by atoms with Gasteiger partial charge in [0.05, 0.1) is 12.8 Å². The Morgan fingerprint density at radius 3 is 2.50 bits per heavy atom. The number of aliphatic hydroxyl groups is 2. The first-order chi connectivity index (χ1) is 9.33. The van der Waals surface area contributed by atoms with Crippen LogP contribution in [0.5, 0.6) is 0 Å². The Hall–Kier alpha value is -1.70. The van der Waals surface area contributed by atoms with Crippen molar-refractivity contribution in [1.29, 1.82) is 0 Å². The van der Waals surface area contributed by atoms with E-state index < -0.39 is 17.9 Å². The molecule has 20 heavy (non-hydrogen) atoms. The Morgan fingerprint density at radius 1 is 1.50 bits per heavy atom. The summed E-state index contributed by atoms with van der Waals surface area (Å²) in [7, 11) is 1.09. The number of esters is 1. The number of hydrogen-bond donors (Lipinski definition) is 3. The molecule has 1 heterocycles. The van der Waals surface area contributed by atoms with Gasteiger partial charge in [-0.25, -0.2) is 4.79 Å². The molecular weight excluding hydrogens is 266 g/mol. The number of carbonyl (C=O) groups is 2. The number of aliphatic hydroxyl groups excluding tert-OH is 1. The van der Waals surface area contributed by atoms with Crippen molar-refractivity contribution in [2.24, 2.45) is 0 Å². The van der Waals surface area contributed by atoms with Gasteiger partial charge in [-0.05, 0) is 26.3 Å². The predicted octanol–water partition coefficient (Wildman–Crippen LogP) is 0.160. The summed E-state index contributed by atoms with van der Waals surface area (Å²) in [6.07, 6.45) is -1.34. The third kappa shape index (κ3) is 2.60. The van der Waals surface area contributed by atoms with Crippen molar-refractivity contribution in [3.05, 3.63) is 22.5 Å². The standard InChI is InChI=1S/C13H19NO6/c1-5-20-13(18,11(16)12(17)19-4)10-7(2)9(6-15)14-8(10)3/h6,11,14,16,18H,5H2,1-4H3. The number of H-pyrrole nitrogens is 1. The van der Waals surface area contributed by atoms with Crippen LogP contribution in [0.2, 0.25) is 0 Å². The normalized spacial score (nSPS) is 15.5. The lowest BCUT2D eigenvalue weighted by Crippen LogP contribution is -2.48. The Kier molecular flexibility index (Phi) is 5.04. The quantitative estimate of drug-likeness (QED) is 0.390. The molecule has 0 aromatic carbocycles. The fourth-order valence-electron chi connectivity index (χ4n) is 2.21. The van der Waals surface area contributed by atoms with Crippen LogP contribution in [0.3, 0.4) is 0 Å². The van der Waals surface area contributed by atoms with E-state index >= 15 is 0 Å². The minimum Gasteiger partial charge on any atom is -0.467 e. The Morgan fingerprint density at radius 2 is 2.10 bits per heavy atom. The molecule has 0 aliphatic rings. The number of methoxy groups -OCH3 is 1. The van der Waals surface area contributed by atoms with Gasteiger partial charge < -0.3 is 24.7 Å². The monoisotopic (exact) mass is 285 g/mol. The summed E-state index contributed by atoms with van der Waals surface area (Å²) in [5.74, 6) is -3.32. The van der Waals surface area contributed by atoms with E-state index in [2.05, 4.69) is 9.72 Å². The van der Waals surface area contributed by atoms with Gasteiger partial charge >= 0.3 is 5.97 Å². The van der Waals surface area contributed by atoms with Gasteiger partial charge in [-0.1, -0.05) is 0 Å². The fraction of sp³-hybridized carbons (Fsp3) is 0.538. The van der Waals surface area contributed by atoms with Crippen LogP contribution in [-0.4, -0.2) is 47.3 Å². The zero-order chi connectivity index (χ0) is 15.5. The molecule has 0 fully saturated rings. The highest BCUT2D eigenvalue weighted by Gasteiger charge is 2.47. The molecular formula is C13H19NO6. The Bertz CT molecular complexity index is 509. The molecule has 2 atom stereocenters. The van der Waals surface area contributed by atoms with E-state index in [9.17, 15) is 19.8 Å². The fourth-order valence-corrected chi connectivity index (χ4v) is 2.21. The zero-order valence-electron chi connectivity index (χ0n) is 11.9. The minimum atomic E-state index is -2.28. The summed E-state index contributed by atoms with van der Waals surface area (Å²) in [6, 6.07) is 0. The van der Waals surface area contributed by atoms with Crippen LogP contribution in [0, 0.1) is 13.8 Å². The van der Waals surface area contributed by atoms with Crippen molar-refractivity contribution in [2.45, 2.75) is 32.7 Å². The lowest BCUT2D eigenvalue weighted by Gasteiger charge is -2.31. The maximum absolute atomic E-state index is 11.5. The minimum absolute atomic E-state index is 0.0467. The Balaban J connectivity index is 3.43. The van der Waals surface area contributed by atoms with E-state index in [1.54, 1.807) is 20.8 Å². The van der Waals surface area contributed by atoms with Gasteiger partial charge in [0.15, 0.2) is 6.29 Å². The first kappa shape index (κ1) is 16.4. The first-order valence-corrected chi connectivity index (χ1v) is 6.10. The van der Waals surface area contributed by atoms with Gasteiger partial charge in [-0.3, -0.25) is 4.79 Å². The van der Waals surface area contributed by atoms with Crippen LogP contribution in [0.15, 0.2) is 0 Å². The molecule has 2 unspecified atom stereocenters. The third-order valence-electron chi connectivity index (χ3n) is 3.11. The number of carbonyl (C=O) groups excluding carboxylic acids is 2. The smallest absolute Gasteiger partial charge is 0.340 e. The van der Waals surface area contributed by atoms with E-state index in [0.717, 1.165) is 7.11 Å². The maximum atomic E-state index is 11.5. The SMILES string of the molecule is CCOC(O)(c1c(C)[nH]c(C=O)c1C)C(O)C(=O)OC. The van der Waals surface area contributed by atoms with E-state index in [1.165, 1.54) is 0 Å². The number of aryl methyl sites for hydroxylation is 1. The Labute approximate surface area is 116 Å². The third-order valence-corrected chi connectivity index (χ3v) is 3.11. The predicted molar refractivity (Wildman–Crippen MR) is 69.2 cm³/mol. The molecule has 1 aromatic heterocycles. The largest absolute Gasteiger partial charge is 0.467 e. The molecule has 7 heteroatoms. The molecule has 112 valence electrons. The highest BCUT2D eigenvalue weighted by molar-refractivity contribution is 5.78. The zero-order valence-corrected chi connectivity index (χ0v) is 11.9. The van der Waals surface area contributed by atoms with Crippen molar-refractivity contribution < 1.29 is 29.3 Å². The molecule has 0 amide bonds. The summed E-state index contributed by atoms with van der Waals surface area (Å²) in [5.41, 5.74) is 1.21. The molecule has 3 N–H and O–H groups in total. The highest BCUT2D eigenvalue weighted by Crippen LogP contribution is 2.34. The number of hydrogen-bond acceptors (Lipinski definition) is 6. The number of rotatable bonds is 6. The number of ether oxygens (including phenoxy) is 2. The molecule has 0 bridgehead atoms. The highest BCUT2D eigenvalue weighted by atomic mass is 16.6. The van der Waals surface area contributed by atoms with Crippen LogP contribution in [0.1, 0.15) is 34.2 Å². The van der Waals surface area contributed by atoms with Gasteiger partial charge in [0.25, 0.3) is 0 Å². The molecule has 1 rings (SSSR count). The van der Waals surface area contributed by atoms with Gasteiger partial charge in [-0.15, -0.1) is 0 Å². The van der Waals surface area contributed by atoms with Crippen LogP contribution >= 0.6 is 0 Å². The van der Waals surface area contributed by atoms with Crippen molar-refractivity contribution in [3.63, 3.8) is 0 Å². The average molecular weight is 285 g/mol. The van der Waals surface area contributed by atoms with Crippen molar-refractivity contribution in [3.8, 4) is 0 Å². The number of aromatic amines is 1. The molecule has 1 aromatic rings. The molecule has 0 saturated heterocycles.